The largest absolute Gasteiger partial charge is 0.495 e. The Morgan fingerprint density at radius 2 is 2.08 bits per heavy atom. The Morgan fingerprint density at radius 1 is 1.19 bits per heavy atom. The molecule has 0 bridgehead atoms. The highest BCUT2D eigenvalue weighted by Crippen LogP contribution is 2.27. The Balaban J connectivity index is 1.64. The van der Waals surface area contributed by atoms with Crippen LogP contribution in [0.1, 0.15) is 5.56 Å². The Hall–Kier alpha value is -3.12. The zero-order chi connectivity index (χ0) is 18.4. The van der Waals surface area contributed by atoms with E-state index in [1.165, 1.54) is 7.11 Å². The lowest BCUT2D eigenvalue weighted by atomic mass is 10.1. The second-order valence-corrected chi connectivity index (χ2v) is 5.88. The van der Waals surface area contributed by atoms with Gasteiger partial charge in [0.1, 0.15) is 5.75 Å². The molecule has 0 atom stereocenters. The molecule has 132 valence electrons. The van der Waals surface area contributed by atoms with Gasteiger partial charge in [-0.05, 0) is 48.0 Å². The van der Waals surface area contributed by atoms with Crippen LogP contribution < -0.4 is 15.4 Å². The molecule has 0 saturated heterocycles. The molecular formula is C19H17ClN4O2. The first-order valence-electron chi connectivity index (χ1n) is 7.89. The van der Waals surface area contributed by atoms with Gasteiger partial charge in [0.05, 0.1) is 18.5 Å². The van der Waals surface area contributed by atoms with Gasteiger partial charge in [-0.3, -0.25) is 9.97 Å². The first kappa shape index (κ1) is 17.7. The number of rotatable bonds is 5. The number of amides is 2. The summed E-state index contributed by atoms with van der Waals surface area (Å²) in [6.45, 7) is 0.352. The summed E-state index contributed by atoms with van der Waals surface area (Å²) in [6, 6.07) is 12.2. The molecule has 6 nitrogen and oxygen atoms in total. The number of benzene rings is 1. The van der Waals surface area contributed by atoms with Gasteiger partial charge >= 0.3 is 6.03 Å². The van der Waals surface area contributed by atoms with Crippen LogP contribution in [0.3, 0.4) is 0 Å². The minimum absolute atomic E-state index is 0.352. The van der Waals surface area contributed by atoms with Gasteiger partial charge < -0.3 is 15.4 Å². The Labute approximate surface area is 156 Å². The fourth-order valence-corrected chi connectivity index (χ4v) is 2.56. The van der Waals surface area contributed by atoms with Crippen LogP contribution in [0.2, 0.25) is 5.02 Å². The molecule has 3 aromatic rings. The average molecular weight is 369 g/mol. The molecular weight excluding hydrogens is 352 g/mol. The second-order valence-electron chi connectivity index (χ2n) is 5.44. The topological polar surface area (TPSA) is 76.1 Å². The smallest absolute Gasteiger partial charge is 0.319 e. The molecule has 0 unspecified atom stereocenters. The summed E-state index contributed by atoms with van der Waals surface area (Å²) >= 11 is 5.97. The monoisotopic (exact) mass is 368 g/mol. The van der Waals surface area contributed by atoms with E-state index in [2.05, 4.69) is 20.6 Å². The molecule has 26 heavy (non-hydrogen) atoms. The molecule has 2 aromatic heterocycles. The van der Waals surface area contributed by atoms with Crippen molar-refractivity contribution in [3.05, 3.63) is 71.6 Å². The summed E-state index contributed by atoms with van der Waals surface area (Å²) in [5.74, 6) is 0.535. The third-order valence-electron chi connectivity index (χ3n) is 3.64. The Bertz CT molecular complexity index is 903. The van der Waals surface area contributed by atoms with Crippen LogP contribution >= 0.6 is 11.6 Å². The summed E-state index contributed by atoms with van der Waals surface area (Å²) in [7, 11) is 1.53. The van der Waals surface area contributed by atoms with Crippen molar-refractivity contribution in [1.29, 1.82) is 0 Å². The van der Waals surface area contributed by atoms with Crippen LogP contribution in [0.5, 0.6) is 5.75 Å². The molecule has 2 N–H and O–H groups in total. The normalized spacial score (nSPS) is 10.2. The number of carbonyl (C=O) groups excluding carboxylic acids is 1. The Morgan fingerprint density at radius 3 is 2.85 bits per heavy atom. The standard InChI is InChI=1S/C19H17ClN4O2/c1-26-18-5-4-15(20)10-17(18)24-19(25)23-11-13-6-8-22-16(9-13)14-3-2-7-21-12-14/h2-10,12H,11H2,1H3,(H2,23,24,25). The third kappa shape index (κ3) is 4.49. The van der Waals surface area contributed by atoms with Gasteiger partial charge in [-0.15, -0.1) is 0 Å². The molecule has 0 radical (unpaired) electrons. The van der Waals surface area contributed by atoms with E-state index < -0.39 is 0 Å². The summed E-state index contributed by atoms with van der Waals surface area (Å²) in [6.07, 6.45) is 5.16. The molecule has 0 aliphatic rings. The number of ether oxygens (including phenoxy) is 1. The first-order chi connectivity index (χ1) is 12.7. The number of halogens is 1. The fraction of sp³-hybridized carbons (Fsp3) is 0.105. The van der Waals surface area contributed by atoms with Crippen molar-refractivity contribution in [1.82, 2.24) is 15.3 Å². The van der Waals surface area contributed by atoms with E-state index in [1.54, 1.807) is 36.8 Å². The highest BCUT2D eigenvalue weighted by Gasteiger charge is 2.08. The van der Waals surface area contributed by atoms with Crippen molar-refractivity contribution in [2.75, 3.05) is 12.4 Å². The van der Waals surface area contributed by atoms with Crippen molar-refractivity contribution in [3.8, 4) is 17.0 Å². The Kier molecular flexibility index (Phi) is 5.66. The van der Waals surface area contributed by atoms with Crippen LogP contribution in [0.25, 0.3) is 11.3 Å². The second kappa shape index (κ2) is 8.31. The van der Waals surface area contributed by atoms with Gasteiger partial charge in [0.2, 0.25) is 0 Å². The van der Waals surface area contributed by atoms with Gasteiger partial charge in [0.15, 0.2) is 0 Å². The third-order valence-corrected chi connectivity index (χ3v) is 3.88. The number of carbonyl (C=O) groups is 1. The number of urea groups is 1. The van der Waals surface area contributed by atoms with Crippen LogP contribution in [0.4, 0.5) is 10.5 Å². The van der Waals surface area contributed by atoms with Gasteiger partial charge in [-0.25, -0.2) is 4.79 Å². The maximum atomic E-state index is 12.2. The van der Waals surface area contributed by atoms with Gasteiger partial charge in [-0.2, -0.15) is 0 Å². The fourth-order valence-electron chi connectivity index (χ4n) is 2.38. The maximum absolute atomic E-state index is 12.2. The highest BCUT2D eigenvalue weighted by molar-refractivity contribution is 6.31. The molecule has 1 aromatic carbocycles. The zero-order valence-corrected chi connectivity index (χ0v) is 14.8. The lowest BCUT2D eigenvalue weighted by molar-refractivity contribution is 0.251. The van der Waals surface area contributed by atoms with Gasteiger partial charge in [0.25, 0.3) is 0 Å². The molecule has 2 heterocycles. The van der Waals surface area contributed by atoms with E-state index in [1.807, 2.05) is 24.3 Å². The number of nitrogens with zero attached hydrogens (tertiary/aromatic N) is 2. The lowest BCUT2D eigenvalue weighted by Gasteiger charge is -2.12. The number of nitrogens with one attached hydrogen (secondary N) is 2. The minimum Gasteiger partial charge on any atom is -0.495 e. The SMILES string of the molecule is COc1ccc(Cl)cc1NC(=O)NCc1ccnc(-c2cccnc2)c1. The summed E-state index contributed by atoms with van der Waals surface area (Å²) < 4.78 is 5.21. The molecule has 0 saturated carbocycles. The van der Waals surface area contributed by atoms with E-state index >= 15 is 0 Å². The number of aromatic nitrogens is 2. The van der Waals surface area contributed by atoms with E-state index in [0.717, 1.165) is 16.8 Å². The van der Waals surface area contributed by atoms with Crippen LogP contribution in [-0.4, -0.2) is 23.1 Å². The van der Waals surface area contributed by atoms with E-state index in [4.69, 9.17) is 16.3 Å². The van der Waals surface area contributed by atoms with Crippen molar-refractivity contribution in [2.24, 2.45) is 0 Å². The predicted molar refractivity (Wildman–Crippen MR) is 101 cm³/mol. The molecule has 7 heteroatoms. The predicted octanol–water partition coefficient (Wildman–Crippen LogP) is 4.13. The van der Waals surface area contributed by atoms with Gasteiger partial charge in [-0.1, -0.05) is 11.6 Å². The number of hydrogen-bond acceptors (Lipinski definition) is 4. The van der Waals surface area contributed by atoms with Crippen LogP contribution in [0.15, 0.2) is 61.1 Å². The zero-order valence-electron chi connectivity index (χ0n) is 14.1. The highest BCUT2D eigenvalue weighted by atomic mass is 35.5. The summed E-state index contributed by atoms with van der Waals surface area (Å²) in [4.78, 5) is 20.6. The summed E-state index contributed by atoms with van der Waals surface area (Å²) in [5.41, 5.74) is 3.15. The molecule has 2 amide bonds. The van der Waals surface area contributed by atoms with E-state index in [0.29, 0.717) is 23.0 Å². The van der Waals surface area contributed by atoms with Crippen molar-refractivity contribution in [2.45, 2.75) is 6.54 Å². The quantitative estimate of drug-likeness (QED) is 0.710. The number of hydrogen-bond donors (Lipinski definition) is 2. The molecule has 0 spiro atoms. The van der Waals surface area contributed by atoms with Crippen molar-refractivity contribution >= 4 is 23.3 Å². The first-order valence-corrected chi connectivity index (χ1v) is 8.27. The van der Waals surface area contributed by atoms with Crippen LogP contribution in [-0.2, 0) is 6.54 Å². The number of pyridine rings is 2. The number of methoxy groups -OCH3 is 1. The van der Waals surface area contributed by atoms with Crippen molar-refractivity contribution in [3.63, 3.8) is 0 Å². The van der Waals surface area contributed by atoms with Crippen molar-refractivity contribution < 1.29 is 9.53 Å². The molecule has 0 fully saturated rings. The molecule has 3 rings (SSSR count). The minimum atomic E-state index is -0.356. The van der Waals surface area contributed by atoms with Crippen LogP contribution in [0, 0.1) is 0 Å². The molecule has 0 aliphatic heterocycles. The average Bonchev–Trinajstić information content (AvgIpc) is 2.67. The maximum Gasteiger partial charge on any atom is 0.319 e. The lowest BCUT2D eigenvalue weighted by Crippen LogP contribution is -2.28. The molecule has 0 aliphatic carbocycles. The van der Waals surface area contributed by atoms with E-state index in [-0.39, 0.29) is 6.03 Å². The number of anilines is 1. The van der Waals surface area contributed by atoms with Gasteiger partial charge in [0, 0.05) is 35.7 Å². The van der Waals surface area contributed by atoms with E-state index in [9.17, 15) is 4.79 Å². The summed E-state index contributed by atoms with van der Waals surface area (Å²) in [5, 5.41) is 6.05.